The third-order valence-electron chi connectivity index (χ3n) is 9.46. The first-order valence-corrected chi connectivity index (χ1v) is 15.5. The van der Waals surface area contributed by atoms with Gasteiger partial charge in [0.15, 0.2) is 0 Å². The predicted octanol–water partition coefficient (Wildman–Crippen LogP) is 5.97. The quantitative estimate of drug-likeness (QED) is 0.217. The average molecular weight is 588 g/mol. The molecule has 1 saturated heterocycles. The number of fused-ring (bicyclic) bond motifs is 1. The van der Waals surface area contributed by atoms with Crippen LogP contribution in [0.25, 0.3) is 22.2 Å². The number of carbonyl (C=O) groups is 1. The second-order valence-electron chi connectivity index (χ2n) is 11.8. The summed E-state index contributed by atoms with van der Waals surface area (Å²) in [5.41, 5.74) is 6.34. The van der Waals surface area contributed by atoms with Crippen LogP contribution in [0, 0.1) is 0 Å². The van der Waals surface area contributed by atoms with Crippen molar-refractivity contribution in [3.8, 4) is 11.1 Å². The molecule has 5 aromatic rings. The van der Waals surface area contributed by atoms with Crippen LogP contribution in [0.2, 0.25) is 0 Å². The molecule has 4 aromatic carbocycles. The monoisotopic (exact) mass is 587 g/mol. The van der Waals surface area contributed by atoms with Gasteiger partial charge in [0.2, 0.25) is 0 Å². The van der Waals surface area contributed by atoms with Gasteiger partial charge in [0, 0.05) is 45.0 Å². The van der Waals surface area contributed by atoms with Crippen LogP contribution < -0.4 is 9.74 Å². The van der Waals surface area contributed by atoms with E-state index in [-0.39, 0.29) is 5.60 Å². The van der Waals surface area contributed by atoms with Crippen molar-refractivity contribution in [3.63, 3.8) is 0 Å². The Balaban J connectivity index is 0.925. The number of hydrogen-bond acceptors (Lipinski definition) is 7. The summed E-state index contributed by atoms with van der Waals surface area (Å²) in [7, 11) is 1.87. The standard InChI is InChI=1S/C36H37N5O3/c1-43-36(30-7-3-2-4-8-30)21-19-32(20-22-36)40-25-23-39(24-26-40)31-17-15-28(16-18-31)27-11-13-29(14-12-27)35(42)44-41-34-10-6-5-9-33(34)37-38-41/h2-18,32H,19-26H2,1H3. The number of carbonyl (C=O) groups excluding carboxylic acids is 1. The molecule has 2 aliphatic rings. The van der Waals surface area contributed by atoms with Crippen molar-refractivity contribution in [1.82, 2.24) is 20.1 Å². The molecule has 8 nitrogen and oxygen atoms in total. The lowest BCUT2D eigenvalue weighted by Gasteiger charge is -2.46. The maximum atomic E-state index is 12.7. The third-order valence-corrected chi connectivity index (χ3v) is 9.46. The number of methoxy groups -OCH3 is 1. The SMILES string of the molecule is COC1(c2ccccc2)CCC(N2CCN(c3ccc(-c4ccc(C(=O)On5nnc6ccccc65)cc4)cc3)CC2)CC1. The molecule has 0 N–H and O–H groups in total. The molecule has 0 bridgehead atoms. The Bertz CT molecular complexity index is 1700. The molecule has 2 fully saturated rings. The smallest absolute Gasteiger partial charge is 0.365 e. The van der Waals surface area contributed by atoms with Crippen LogP contribution in [-0.4, -0.2) is 65.4 Å². The summed E-state index contributed by atoms with van der Waals surface area (Å²) < 4.78 is 6.11. The Morgan fingerprint density at radius 3 is 2.09 bits per heavy atom. The van der Waals surface area contributed by atoms with Gasteiger partial charge in [-0.3, -0.25) is 4.90 Å². The molecule has 0 amide bonds. The number of hydrogen-bond donors (Lipinski definition) is 0. The summed E-state index contributed by atoms with van der Waals surface area (Å²) in [6.07, 6.45) is 4.48. The molecule has 7 rings (SSSR count). The van der Waals surface area contributed by atoms with Crippen LogP contribution in [0.3, 0.4) is 0 Å². The van der Waals surface area contributed by atoms with E-state index in [0.29, 0.717) is 22.6 Å². The van der Waals surface area contributed by atoms with E-state index in [4.69, 9.17) is 9.57 Å². The summed E-state index contributed by atoms with van der Waals surface area (Å²) in [5.74, 6) is -0.482. The van der Waals surface area contributed by atoms with Gasteiger partial charge in [-0.15, -0.1) is 5.10 Å². The maximum Gasteiger partial charge on any atom is 0.365 e. The van der Waals surface area contributed by atoms with Crippen molar-refractivity contribution >= 4 is 22.7 Å². The molecule has 8 heteroatoms. The summed E-state index contributed by atoms with van der Waals surface area (Å²) in [6.45, 7) is 4.23. The topological polar surface area (TPSA) is 72.7 Å². The van der Waals surface area contributed by atoms with Gasteiger partial charge in [-0.2, -0.15) is 0 Å². The van der Waals surface area contributed by atoms with E-state index in [1.54, 1.807) is 12.1 Å². The number of ether oxygens (including phenoxy) is 1. The molecule has 44 heavy (non-hydrogen) atoms. The Morgan fingerprint density at radius 1 is 0.773 bits per heavy atom. The van der Waals surface area contributed by atoms with Gasteiger partial charge in [-0.1, -0.05) is 71.6 Å². The van der Waals surface area contributed by atoms with Gasteiger partial charge in [0.05, 0.1) is 11.2 Å². The fraction of sp³-hybridized carbons (Fsp3) is 0.306. The number of para-hydroxylation sites is 1. The zero-order valence-corrected chi connectivity index (χ0v) is 25.0. The van der Waals surface area contributed by atoms with Crippen LogP contribution in [0.15, 0.2) is 103 Å². The lowest BCUT2D eigenvalue weighted by Crippen LogP contribution is -2.52. The third kappa shape index (κ3) is 5.58. The Labute approximate surface area is 257 Å². The Hall–Kier alpha value is -4.53. The first-order chi connectivity index (χ1) is 21.6. The van der Waals surface area contributed by atoms with Crippen molar-refractivity contribution in [1.29, 1.82) is 0 Å². The Kier molecular flexibility index (Phi) is 7.85. The normalized spacial score (nSPS) is 20.9. The zero-order valence-electron chi connectivity index (χ0n) is 25.0. The highest BCUT2D eigenvalue weighted by molar-refractivity contribution is 5.90. The Morgan fingerprint density at radius 2 is 1.41 bits per heavy atom. The molecule has 1 aliphatic heterocycles. The van der Waals surface area contributed by atoms with Crippen LogP contribution in [-0.2, 0) is 10.3 Å². The molecular formula is C36H37N5O3. The van der Waals surface area contributed by atoms with E-state index < -0.39 is 5.97 Å². The molecule has 224 valence electrons. The molecule has 0 radical (unpaired) electrons. The summed E-state index contributed by atoms with van der Waals surface area (Å²) >= 11 is 0. The second kappa shape index (κ2) is 12.2. The van der Waals surface area contributed by atoms with Crippen LogP contribution >= 0.6 is 0 Å². The number of rotatable bonds is 7. The first kappa shape index (κ1) is 28.3. The van der Waals surface area contributed by atoms with E-state index in [9.17, 15) is 4.79 Å². The first-order valence-electron chi connectivity index (χ1n) is 15.5. The van der Waals surface area contributed by atoms with Gasteiger partial charge in [0.25, 0.3) is 0 Å². The molecule has 1 aliphatic carbocycles. The van der Waals surface area contributed by atoms with Crippen molar-refractivity contribution in [2.45, 2.75) is 37.3 Å². The molecule has 1 saturated carbocycles. The molecular weight excluding hydrogens is 550 g/mol. The largest absolute Gasteiger partial charge is 0.374 e. The van der Waals surface area contributed by atoms with Gasteiger partial charge in [-0.05, 0) is 84.0 Å². The summed E-state index contributed by atoms with van der Waals surface area (Å²) in [4.78, 5) is 24.5. The maximum absolute atomic E-state index is 12.7. The second-order valence-corrected chi connectivity index (χ2v) is 11.8. The van der Waals surface area contributed by atoms with Crippen LogP contribution in [0.4, 0.5) is 5.69 Å². The number of nitrogens with zero attached hydrogens (tertiary/aromatic N) is 5. The minimum Gasteiger partial charge on any atom is -0.374 e. The van der Waals surface area contributed by atoms with Gasteiger partial charge in [0.1, 0.15) is 11.0 Å². The van der Waals surface area contributed by atoms with Crippen molar-refractivity contribution in [3.05, 3.63) is 114 Å². The van der Waals surface area contributed by atoms with Crippen LogP contribution in [0.5, 0.6) is 0 Å². The predicted molar refractivity (Wildman–Crippen MR) is 171 cm³/mol. The molecule has 0 spiro atoms. The molecule has 0 atom stereocenters. The van der Waals surface area contributed by atoms with E-state index in [0.717, 1.165) is 55.0 Å². The van der Waals surface area contributed by atoms with Crippen molar-refractivity contribution in [2.75, 3.05) is 38.2 Å². The lowest BCUT2D eigenvalue weighted by molar-refractivity contribution is -0.0614. The molecule has 2 heterocycles. The van der Waals surface area contributed by atoms with E-state index in [1.807, 2.05) is 43.5 Å². The van der Waals surface area contributed by atoms with E-state index in [1.165, 1.54) is 24.1 Å². The number of anilines is 1. The number of benzene rings is 4. The van der Waals surface area contributed by atoms with E-state index >= 15 is 0 Å². The highest BCUT2D eigenvalue weighted by Crippen LogP contribution is 2.41. The lowest BCUT2D eigenvalue weighted by atomic mass is 9.77. The zero-order chi connectivity index (χ0) is 29.9. The van der Waals surface area contributed by atoms with E-state index in [2.05, 4.69) is 74.7 Å². The highest BCUT2D eigenvalue weighted by atomic mass is 16.7. The van der Waals surface area contributed by atoms with Crippen molar-refractivity contribution in [2.24, 2.45) is 0 Å². The van der Waals surface area contributed by atoms with Gasteiger partial charge in [-0.25, -0.2) is 4.79 Å². The minimum atomic E-state index is -0.482. The summed E-state index contributed by atoms with van der Waals surface area (Å²) in [6, 6.07) is 34.9. The van der Waals surface area contributed by atoms with Gasteiger partial charge >= 0.3 is 5.97 Å². The minimum absolute atomic E-state index is 0.141. The average Bonchev–Trinajstić information content (AvgIpc) is 3.51. The summed E-state index contributed by atoms with van der Waals surface area (Å²) in [5, 5.41) is 7.96. The number of piperazine rings is 1. The highest BCUT2D eigenvalue weighted by Gasteiger charge is 2.39. The fourth-order valence-corrected chi connectivity index (χ4v) is 6.84. The van der Waals surface area contributed by atoms with Crippen LogP contribution in [0.1, 0.15) is 41.6 Å². The molecule has 0 unspecified atom stereocenters. The van der Waals surface area contributed by atoms with Gasteiger partial charge < -0.3 is 14.5 Å². The van der Waals surface area contributed by atoms with Crippen molar-refractivity contribution < 1.29 is 14.4 Å². The number of aromatic nitrogens is 3. The molecule has 1 aromatic heterocycles. The fourth-order valence-electron chi connectivity index (χ4n) is 6.84.